The molecule has 0 saturated heterocycles. The van der Waals surface area contributed by atoms with Crippen LogP contribution in [0.1, 0.15) is 41.8 Å². The van der Waals surface area contributed by atoms with Gasteiger partial charge in [-0.2, -0.15) is 0 Å². The van der Waals surface area contributed by atoms with Gasteiger partial charge in [0, 0.05) is 5.75 Å². The number of carbonyl (C=O) groups excluding carboxylic acids is 2. The summed E-state index contributed by atoms with van der Waals surface area (Å²) >= 11 is 1.55. The molecule has 0 unspecified atom stereocenters. The number of thioether (sulfide) groups is 1. The second kappa shape index (κ2) is 9.56. The van der Waals surface area contributed by atoms with E-state index in [0.717, 1.165) is 23.3 Å². The maximum atomic E-state index is 13.2. The second-order valence-corrected chi connectivity index (χ2v) is 7.60. The first-order valence-electron chi connectivity index (χ1n) is 9.65. The number of nitrogens with zero attached hydrogens (tertiary/aromatic N) is 2. The standard InChI is InChI=1S/C23H24N2O3S/c1-4-14-29-23-24-20(15-18-9-7-6-8-16(18)3)21(26)25(23)19-12-10-17(11-13-19)22(27)28-5-2/h6-13,15H,4-5,14H2,1-3H3/b20-15-. The smallest absolute Gasteiger partial charge is 0.338 e. The Balaban J connectivity index is 1.93. The quantitative estimate of drug-likeness (QED) is 0.495. The highest BCUT2D eigenvalue weighted by Gasteiger charge is 2.32. The molecule has 2 aromatic carbocycles. The Kier molecular flexibility index (Phi) is 6.88. The fourth-order valence-corrected chi connectivity index (χ4v) is 3.74. The number of anilines is 1. The lowest BCUT2D eigenvalue weighted by Gasteiger charge is -2.18. The van der Waals surface area contributed by atoms with Crippen molar-refractivity contribution in [3.05, 3.63) is 70.9 Å². The molecule has 6 heteroatoms. The average Bonchev–Trinajstić information content (AvgIpc) is 3.03. The van der Waals surface area contributed by atoms with Crippen LogP contribution in [0, 0.1) is 6.92 Å². The Bertz CT molecular complexity index is 964. The van der Waals surface area contributed by atoms with Crippen LogP contribution in [0.2, 0.25) is 0 Å². The van der Waals surface area contributed by atoms with Gasteiger partial charge in [-0.3, -0.25) is 9.69 Å². The average molecular weight is 409 g/mol. The second-order valence-electron chi connectivity index (χ2n) is 6.54. The first kappa shape index (κ1) is 20.9. The summed E-state index contributed by atoms with van der Waals surface area (Å²) in [4.78, 5) is 31.3. The van der Waals surface area contributed by atoms with E-state index < -0.39 is 0 Å². The summed E-state index contributed by atoms with van der Waals surface area (Å²) in [5, 5.41) is 0.653. The molecule has 0 radical (unpaired) electrons. The molecule has 5 nitrogen and oxygen atoms in total. The van der Waals surface area contributed by atoms with Crippen LogP contribution in [-0.2, 0) is 9.53 Å². The monoisotopic (exact) mass is 408 g/mol. The maximum Gasteiger partial charge on any atom is 0.338 e. The third-order valence-electron chi connectivity index (χ3n) is 4.38. The molecule has 0 atom stereocenters. The van der Waals surface area contributed by atoms with Crippen molar-refractivity contribution in [3.63, 3.8) is 0 Å². The molecule has 3 rings (SSSR count). The molecule has 1 aliphatic rings. The Morgan fingerprint density at radius 3 is 2.52 bits per heavy atom. The first-order chi connectivity index (χ1) is 14.0. The number of aryl methyl sites for hydroxylation is 1. The van der Waals surface area contributed by atoms with E-state index in [-0.39, 0.29) is 11.9 Å². The summed E-state index contributed by atoms with van der Waals surface area (Å²) in [5.41, 5.74) is 3.60. The molecule has 0 aromatic heterocycles. The fourth-order valence-electron chi connectivity index (χ4n) is 2.87. The van der Waals surface area contributed by atoms with Gasteiger partial charge in [-0.15, -0.1) is 0 Å². The zero-order chi connectivity index (χ0) is 20.8. The third kappa shape index (κ3) is 4.77. The van der Waals surface area contributed by atoms with Gasteiger partial charge in [-0.25, -0.2) is 9.79 Å². The molecule has 2 aromatic rings. The van der Waals surface area contributed by atoms with Crippen molar-refractivity contribution in [2.45, 2.75) is 27.2 Å². The van der Waals surface area contributed by atoms with Crippen LogP contribution in [0.5, 0.6) is 0 Å². The molecule has 1 heterocycles. The summed E-state index contributed by atoms with van der Waals surface area (Å²) in [6, 6.07) is 14.7. The molecule has 1 amide bonds. The van der Waals surface area contributed by atoms with E-state index in [0.29, 0.717) is 28.7 Å². The normalized spacial score (nSPS) is 15.0. The minimum absolute atomic E-state index is 0.171. The third-order valence-corrected chi connectivity index (χ3v) is 5.53. The van der Waals surface area contributed by atoms with Gasteiger partial charge < -0.3 is 4.74 Å². The molecule has 0 aliphatic carbocycles. The van der Waals surface area contributed by atoms with Crippen LogP contribution < -0.4 is 4.90 Å². The highest BCUT2D eigenvalue weighted by atomic mass is 32.2. The molecule has 1 aliphatic heterocycles. The number of esters is 1. The van der Waals surface area contributed by atoms with Crippen molar-refractivity contribution in [2.24, 2.45) is 4.99 Å². The maximum absolute atomic E-state index is 13.2. The van der Waals surface area contributed by atoms with Gasteiger partial charge in [-0.1, -0.05) is 43.0 Å². The molecule has 150 valence electrons. The number of rotatable bonds is 6. The van der Waals surface area contributed by atoms with Crippen LogP contribution >= 0.6 is 11.8 Å². The van der Waals surface area contributed by atoms with Gasteiger partial charge in [0.1, 0.15) is 5.70 Å². The van der Waals surface area contributed by atoms with Crippen molar-refractivity contribution >= 4 is 40.6 Å². The fraction of sp³-hybridized carbons (Fsp3) is 0.261. The van der Waals surface area contributed by atoms with Crippen LogP contribution in [0.15, 0.2) is 59.2 Å². The van der Waals surface area contributed by atoms with Crippen LogP contribution in [-0.4, -0.2) is 29.4 Å². The van der Waals surface area contributed by atoms with Gasteiger partial charge in [0.2, 0.25) is 0 Å². The van der Waals surface area contributed by atoms with Crippen LogP contribution in [0.3, 0.4) is 0 Å². The van der Waals surface area contributed by atoms with E-state index in [2.05, 4.69) is 11.9 Å². The summed E-state index contributed by atoms with van der Waals surface area (Å²) in [5.74, 6) is 0.318. The Morgan fingerprint density at radius 1 is 1.14 bits per heavy atom. The Labute approximate surface area is 175 Å². The summed E-state index contributed by atoms with van der Waals surface area (Å²) in [6.07, 6.45) is 2.81. The van der Waals surface area contributed by atoms with Crippen molar-refractivity contribution in [1.29, 1.82) is 0 Å². The van der Waals surface area contributed by atoms with E-state index in [1.165, 1.54) is 0 Å². The number of hydrogen-bond acceptors (Lipinski definition) is 5. The molecule has 0 bridgehead atoms. The van der Waals surface area contributed by atoms with Crippen molar-refractivity contribution in [2.75, 3.05) is 17.3 Å². The summed E-state index contributed by atoms with van der Waals surface area (Å²) in [7, 11) is 0. The number of amidine groups is 1. The number of ether oxygens (including phenoxy) is 1. The molecule has 0 saturated carbocycles. The van der Waals surface area contributed by atoms with Gasteiger partial charge in [0.15, 0.2) is 5.17 Å². The van der Waals surface area contributed by atoms with Crippen LogP contribution in [0.25, 0.3) is 6.08 Å². The van der Waals surface area contributed by atoms with E-state index >= 15 is 0 Å². The zero-order valence-corrected chi connectivity index (χ0v) is 17.7. The highest BCUT2D eigenvalue weighted by molar-refractivity contribution is 8.14. The molecule has 0 spiro atoms. The molecule has 29 heavy (non-hydrogen) atoms. The van der Waals surface area contributed by atoms with Gasteiger partial charge in [0.25, 0.3) is 5.91 Å². The van der Waals surface area contributed by atoms with Crippen molar-refractivity contribution < 1.29 is 14.3 Å². The first-order valence-corrected chi connectivity index (χ1v) is 10.6. The van der Waals surface area contributed by atoms with Crippen molar-refractivity contribution in [3.8, 4) is 0 Å². The highest BCUT2D eigenvalue weighted by Crippen LogP contribution is 2.30. The SMILES string of the molecule is CCCSC1=N/C(=C\c2ccccc2C)C(=O)N1c1ccc(C(=O)OCC)cc1. The van der Waals surface area contributed by atoms with Crippen LogP contribution in [0.4, 0.5) is 5.69 Å². The topological polar surface area (TPSA) is 59.0 Å². The molecule has 0 N–H and O–H groups in total. The zero-order valence-electron chi connectivity index (χ0n) is 16.8. The number of hydrogen-bond donors (Lipinski definition) is 0. The molecular formula is C23H24N2O3S. The number of carbonyl (C=O) groups is 2. The predicted octanol–water partition coefficient (Wildman–Crippen LogP) is 5.06. The number of benzene rings is 2. The lowest BCUT2D eigenvalue weighted by atomic mass is 10.1. The van der Waals surface area contributed by atoms with Gasteiger partial charge >= 0.3 is 5.97 Å². The number of aliphatic imine (C=N–C) groups is 1. The van der Waals surface area contributed by atoms with Gasteiger partial charge in [-0.05, 0) is 61.7 Å². The molecular weight excluding hydrogens is 384 g/mol. The lowest BCUT2D eigenvalue weighted by molar-refractivity contribution is -0.113. The van der Waals surface area contributed by atoms with E-state index in [1.54, 1.807) is 47.9 Å². The largest absolute Gasteiger partial charge is 0.462 e. The minimum Gasteiger partial charge on any atom is -0.462 e. The van der Waals surface area contributed by atoms with E-state index in [4.69, 9.17) is 4.74 Å². The number of amides is 1. The van der Waals surface area contributed by atoms with Gasteiger partial charge in [0.05, 0.1) is 17.9 Å². The minimum atomic E-state index is -0.374. The molecule has 0 fully saturated rings. The summed E-state index contributed by atoms with van der Waals surface area (Å²) in [6.45, 7) is 6.19. The lowest BCUT2D eigenvalue weighted by Crippen LogP contribution is -2.30. The van der Waals surface area contributed by atoms with E-state index in [1.807, 2.05) is 37.3 Å². The van der Waals surface area contributed by atoms with E-state index in [9.17, 15) is 9.59 Å². The Hall–Kier alpha value is -2.86. The Morgan fingerprint density at radius 2 is 1.86 bits per heavy atom. The van der Waals surface area contributed by atoms with Crippen molar-refractivity contribution in [1.82, 2.24) is 0 Å². The summed E-state index contributed by atoms with van der Waals surface area (Å²) < 4.78 is 5.03. The predicted molar refractivity (Wildman–Crippen MR) is 119 cm³/mol.